The van der Waals surface area contributed by atoms with Crippen LogP contribution in [0.25, 0.3) is 21.6 Å². The van der Waals surface area contributed by atoms with E-state index >= 15 is 0 Å². The monoisotopic (exact) mass is 647 g/mol. The van der Waals surface area contributed by atoms with Gasteiger partial charge in [-0.1, -0.05) is 17.4 Å². The third-order valence-electron chi connectivity index (χ3n) is 7.02. The van der Waals surface area contributed by atoms with Crippen LogP contribution >= 0.6 is 11.3 Å². The van der Waals surface area contributed by atoms with Gasteiger partial charge in [0, 0.05) is 49.6 Å². The number of carbonyl (C=O) groups excluding carboxylic acids is 2. The molecule has 0 bridgehead atoms. The molecule has 1 fully saturated rings. The number of hydrogen-bond acceptors (Lipinski definition) is 8. The minimum Gasteiger partial charge on any atom is -0.424 e. The Labute approximate surface area is 263 Å². The molecule has 46 heavy (non-hydrogen) atoms. The summed E-state index contributed by atoms with van der Waals surface area (Å²) in [7, 11) is 1.51. The number of aromatic nitrogens is 4. The molecular formula is C31H24F3N7O4S. The number of urea groups is 1. The van der Waals surface area contributed by atoms with Crippen molar-refractivity contribution in [1.82, 2.24) is 19.5 Å². The lowest BCUT2D eigenvalue weighted by Crippen LogP contribution is -2.23. The van der Waals surface area contributed by atoms with Crippen LogP contribution in [0.5, 0.6) is 11.8 Å². The molecule has 5 aromatic rings. The van der Waals surface area contributed by atoms with Crippen LogP contribution in [0.1, 0.15) is 18.4 Å². The van der Waals surface area contributed by atoms with Gasteiger partial charge in [0.1, 0.15) is 5.75 Å². The van der Waals surface area contributed by atoms with Gasteiger partial charge in [0.05, 0.1) is 34.2 Å². The first-order valence-electron chi connectivity index (χ1n) is 13.9. The van der Waals surface area contributed by atoms with Crippen LogP contribution in [0.3, 0.4) is 0 Å². The van der Waals surface area contributed by atoms with E-state index in [9.17, 15) is 27.6 Å². The van der Waals surface area contributed by atoms with Crippen molar-refractivity contribution in [2.24, 2.45) is 7.05 Å². The minimum absolute atomic E-state index is 0.00110. The predicted octanol–water partition coefficient (Wildman–Crippen LogP) is 6.55. The van der Waals surface area contributed by atoms with Crippen LogP contribution in [-0.4, -0.2) is 38.0 Å². The third-order valence-corrected chi connectivity index (χ3v) is 8.09. The standard InChI is InChI=1S/C31H24F3N7O4S/c1-40-17-19(6-11-26(40)42)23-10-7-20(31(32,33)34)13-24(23)39-28(44)38-21-14-35-29(36-15-21)45-22-8-4-18(5-9-22)25-16-37-30(46-25)41-12-2-3-27(41)43/h4-11,13-17H,2-3,12H2,1H3,(H2,38,39,44). The molecule has 1 aliphatic heterocycles. The van der Waals surface area contributed by atoms with Gasteiger partial charge < -0.3 is 19.9 Å². The normalized spacial score (nSPS) is 13.1. The number of hydrogen-bond donors (Lipinski definition) is 2. The number of anilines is 3. The molecule has 1 aliphatic rings. The number of amides is 3. The summed E-state index contributed by atoms with van der Waals surface area (Å²) < 4.78 is 47.3. The Morgan fingerprint density at radius 2 is 1.67 bits per heavy atom. The summed E-state index contributed by atoms with van der Waals surface area (Å²) in [6, 6.07) is 12.0. The Balaban J connectivity index is 1.11. The van der Waals surface area contributed by atoms with Crippen molar-refractivity contribution in [2.75, 3.05) is 22.1 Å². The number of pyridine rings is 1. The highest BCUT2D eigenvalue weighted by Gasteiger charge is 2.31. The Kier molecular flexibility index (Phi) is 8.23. The molecule has 15 heteroatoms. The van der Waals surface area contributed by atoms with Crippen LogP contribution in [0.2, 0.25) is 0 Å². The average Bonchev–Trinajstić information content (AvgIpc) is 3.68. The summed E-state index contributed by atoms with van der Waals surface area (Å²) in [4.78, 5) is 51.8. The van der Waals surface area contributed by atoms with E-state index in [1.165, 1.54) is 59.7 Å². The molecule has 0 spiro atoms. The molecule has 11 nitrogen and oxygen atoms in total. The van der Waals surface area contributed by atoms with Crippen LogP contribution in [0.15, 0.2) is 84.2 Å². The lowest BCUT2D eigenvalue weighted by Gasteiger charge is -2.16. The number of carbonyl (C=O) groups is 2. The first kappa shape index (κ1) is 30.5. The molecule has 0 radical (unpaired) electrons. The summed E-state index contributed by atoms with van der Waals surface area (Å²) in [5.74, 6) is 0.534. The summed E-state index contributed by atoms with van der Waals surface area (Å²) >= 11 is 1.43. The van der Waals surface area contributed by atoms with E-state index in [1.54, 1.807) is 23.2 Å². The summed E-state index contributed by atoms with van der Waals surface area (Å²) in [5.41, 5.74) is 0.401. The molecule has 0 saturated carbocycles. The summed E-state index contributed by atoms with van der Waals surface area (Å²) in [6.07, 6.45) is 2.48. The zero-order valence-corrected chi connectivity index (χ0v) is 24.9. The first-order chi connectivity index (χ1) is 22.0. The Hall–Kier alpha value is -5.57. The number of ether oxygens (including phenoxy) is 1. The number of nitrogens with one attached hydrogen (secondary N) is 2. The van der Waals surface area contributed by atoms with Crippen molar-refractivity contribution in [3.05, 3.63) is 95.3 Å². The molecule has 0 atom stereocenters. The van der Waals surface area contributed by atoms with Crippen molar-refractivity contribution in [3.63, 3.8) is 0 Å². The number of nitrogens with zero attached hydrogens (tertiary/aromatic N) is 5. The van der Waals surface area contributed by atoms with Crippen molar-refractivity contribution < 1.29 is 27.5 Å². The molecule has 234 valence electrons. The number of alkyl halides is 3. The number of benzene rings is 2. The second-order valence-electron chi connectivity index (χ2n) is 10.2. The Bertz CT molecular complexity index is 1980. The van der Waals surface area contributed by atoms with Crippen LogP contribution in [-0.2, 0) is 18.0 Å². The predicted molar refractivity (Wildman–Crippen MR) is 166 cm³/mol. The maximum Gasteiger partial charge on any atom is 0.416 e. The van der Waals surface area contributed by atoms with E-state index in [0.29, 0.717) is 29.4 Å². The fourth-order valence-electron chi connectivity index (χ4n) is 4.71. The second-order valence-corrected chi connectivity index (χ2v) is 11.3. The molecule has 1 saturated heterocycles. The van der Waals surface area contributed by atoms with Crippen LogP contribution in [0, 0.1) is 0 Å². The van der Waals surface area contributed by atoms with E-state index in [0.717, 1.165) is 29.0 Å². The Morgan fingerprint density at radius 3 is 2.35 bits per heavy atom. The first-order valence-corrected chi connectivity index (χ1v) is 14.7. The third kappa shape index (κ3) is 6.73. The lowest BCUT2D eigenvalue weighted by molar-refractivity contribution is -0.137. The molecule has 2 N–H and O–H groups in total. The average molecular weight is 648 g/mol. The molecule has 3 amide bonds. The maximum atomic E-state index is 13.4. The minimum atomic E-state index is -4.64. The zero-order chi connectivity index (χ0) is 32.4. The zero-order valence-electron chi connectivity index (χ0n) is 24.0. The number of halogens is 3. The van der Waals surface area contributed by atoms with E-state index in [2.05, 4.69) is 25.6 Å². The molecular weight excluding hydrogens is 623 g/mol. The fourth-order valence-corrected chi connectivity index (χ4v) is 5.68. The van der Waals surface area contributed by atoms with Crippen LogP contribution in [0.4, 0.5) is 34.5 Å². The van der Waals surface area contributed by atoms with Crippen LogP contribution < -0.4 is 25.8 Å². The van der Waals surface area contributed by atoms with Gasteiger partial charge in [0.2, 0.25) is 11.5 Å². The highest BCUT2D eigenvalue weighted by atomic mass is 32.1. The molecule has 3 aromatic heterocycles. The topological polar surface area (TPSA) is 131 Å². The molecule has 0 aliphatic carbocycles. The number of aryl methyl sites for hydroxylation is 1. The van der Waals surface area contributed by atoms with Gasteiger partial charge in [-0.05, 0) is 54.4 Å². The number of thiazole rings is 1. The van der Waals surface area contributed by atoms with Crippen molar-refractivity contribution in [2.45, 2.75) is 19.0 Å². The lowest BCUT2D eigenvalue weighted by atomic mass is 10.0. The van der Waals surface area contributed by atoms with Crippen molar-refractivity contribution in [1.29, 1.82) is 0 Å². The van der Waals surface area contributed by atoms with Gasteiger partial charge in [-0.3, -0.25) is 14.5 Å². The molecule has 6 rings (SSSR count). The Morgan fingerprint density at radius 1 is 0.935 bits per heavy atom. The summed E-state index contributed by atoms with van der Waals surface area (Å²) in [6.45, 7) is 0.673. The molecule has 0 unspecified atom stereocenters. The van der Waals surface area contributed by atoms with E-state index in [4.69, 9.17) is 4.74 Å². The van der Waals surface area contributed by atoms with Gasteiger partial charge in [-0.2, -0.15) is 13.2 Å². The summed E-state index contributed by atoms with van der Waals surface area (Å²) in [5, 5.41) is 5.62. The number of rotatable bonds is 7. The highest BCUT2D eigenvalue weighted by molar-refractivity contribution is 7.19. The maximum absolute atomic E-state index is 13.4. The van der Waals surface area contributed by atoms with E-state index in [-0.39, 0.29) is 34.4 Å². The van der Waals surface area contributed by atoms with Crippen molar-refractivity contribution in [3.8, 4) is 33.3 Å². The van der Waals surface area contributed by atoms with E-state index < -0.39 is 17.8 Å². The SMILES string of the molecule is Cn1cc(-c2ccc(C(F)(F)F)cc2NC(=O)Nc2cnc(Oc3ccc(-c4cnc(N5CCCC5=O)s4)cc3)nc2)ccc1=O. The second kappa shape index (κ2) is 12.4. The molecule has 4 heterocycles. The van der Waals surface area contributed by atoms with Crippen molar-refractivity contribution >= 4 is 39.8 Å². The largest absolute Gasteiger partial charge is 0.424 e. The fraction of sp³-hybridized carbons (Fsp3) is 0.161. The quantitative estimate of drug-likeness (QED) is 0.205. The van der Waals surface area contributed by atoms with Gasteiger partial charge in [0.25, 0.3) is 0 Å². The van der Waals surface area contributed by atoms with Gasteiger partial charge in [-0.15, -0.1) is 0 Å². The van der Waals surface area contributed by atoms with Gasteiger partial charge in [-0.25, -0.2) is 19.7 Å². The van der Waals surface area contributed by atoms with Gasteiger partial charge >= 0.3 is 18.2 Å². The highest BCUT2D eigenvalue weighted by Crippen LogP contribution is 2.36. The van der Waals surface area contributed by atoms with E-state index in [1.807, 2.05) is 12.1 Å². The smallest absolute Gasteiger partial charge is 0.416 e. The van der Waals surface area contributed by atoms with Gasteiger partial charge in [0.15, 0.2) is 5.13 Å². The molecule has 2 aromatic carbocycles.